The van der Waals surface area contributed by atoms with Crippen molar-refractivity contribution in [1.82, 2.24) is 10.3 Å². The monoisotopic (exact) mass is 470 g/mol. The first-order chi connectivity index (χ1) is 16.7. The van der Waals surface area contributed by atoms with E-state index in [0.29, 0.717) is 19.4 Å². The van der Waals surface area contributed by atoms with Gasteiger partial charge in [0.25, 0.3) is 0 Å². The van der Waals surface area contributed by atoms with Gasteiger partial charge in [-0.25, -0.2) is 4.79 Å². The van der Waals surface area contributed by atoms with E-state index in [2.05, 4.69) is 17.2 Å². The van der Waals surface area contributed by atoms with Crippen molar-refractivity contribution >= 4 is 22.8 Å². The number of ether oxygens (including phenoxy) is 1. The third-order valence-corrected chi connectivity index (χ3v) is 6.51. The smallest absolute Gasteiger partial charge is 0.328 e. The molecule has 34 heavy (non-hydrogen) atoms. The van der Waals surface area contributed by atoms with Gasteiger partial charge in [-0.3, -0.25) is 4.79 Å². The van der Waals surface area contributed by atoms with E-state index in [1.165, 1.54) is 70.6 Å². The third-order valence-electron chi connectivity index (χ3n) is 6.51. The number of H-pyrrole nitrogens is 1. The topological polar surface area (TPSA) is 71.2 Å². The maximum Gasteiger partial charge on any atom is 0.328 e. The number of hydrogen-bond donors (Lipinski definition) is 2. The van der Waals surface area contributed by atoms with E-state index >= 15 is 0 Å². The van der Waals surface area contributed by atoms with Gasteiger partial charge in [0.1, 0.15) is 6.04 Å². The van der Waals surface area contributed by atoms with Crippen LogP contribution in [0.2, 0.25) is 0 Å². The molecule has 2 aromatic rings. The lowest BCUT2D eigenvalue weighted by molar-refractivity contribution is -0.147. The molecule has 0 fully saturated rings. The molecule has 2 N–H and O–H groups in total. The molecule has 1 aromatic heterocycles. The molecular formula is C29H46N2O3. The predicted octanol–water partition coefficient (Wildman–Crippen LogP) is 7.24. The number of rotatable bonds is 19. The molecule has 5 heteroatoms. The Bertz CT molecular complexity index is 830. The van der Waals surface area contributed by atoms with Crippen LogP contribution in [0.25, 0.3) is 10.9 Å². The zero-order chi connectivity index (χ0) is 24.4. The highest BCUT2D eigenvalue weighted by Gasteiger charge is 2.23. The summed E-state index contributed by atoms with van der Waals surface area (Å²) in [6, 6.07) is 7.33. The fourth-order valence-corrected chi connectivity index (χ4v) is 4.53. The Morgan fingerprint density at radius 2 is 1.44 bits per heavy atom. The minimum atomic E-state index is -0.659. The standard InChI is InChI=1S/C29H46N2O3/c1-3-5-6-7-8-9-10-11-12-13-14-15-16-21-28(32)31-27(29(33)34-4-2)22-24-23-30-26-20-18-17-19-25(24)26/h17-20,23,27,30H,3-16,21-22H2,1-2H3,(H,31,32)/t27-/m0/s1. The quantitative estimate of drug-likeness (QED) is 0.168. The van der Waals surface area contributed by atoms with Gasteiger partial charge in [0.2, 0.25) is 5.91 Å². The maximum atomic E-state index is 12.5. The number of unbranched alkanes of at least 4 members (excludes halogenated alkanes) is 12. The van der Waals surface area contributed by atoms with E-state index < -0.39 is 6.04 Å². The van der Waals surface area contributed by atoms with Crippen molar-refractivity contribution in [3.63, 3.8) is 0 Å². The summed E-state index contributed by atoms with van der Waals surface area (Å²) in [5, 5.41) is 3.99. The number of para-hydroxylation sites is 1. The van der Waals surface area contributed by atoms with Crippen LogP contribution in [0.4, 0.5) is 0 Å². The van der Waals surface area contributed by atoms with Gasteiger partial charge in [-0.05, 0) is 25.0 Å². The lowest BCUT2D eigenvalue weighted by Gasteiger charge is -2.17. The summed E-state index contributed by atoms with van der Waals surface area (Å²) in [6.07, 6.45) is 19.4. The van der Waals surface area contributed by atoms with Crippen LogP contribution in [0.3, 0.4) is 0 Å². The molecule has 0 aliphatic rings. The van der Waals surface area contributed by atoms with Crippen molar-refractivity contribution in [1.29, 1.82) is 0 Å². The molecule has 2 rings (SSSR count). The zero-order valence-corrected chi connectivity index (χ0v) is 21.5. The molecule has 0 bridgehead atoms. The summed E-state index contributed by atoms with van der Waals surface area (Å²) in [5.74, 6) is -0.438. The second-order valence-electron chi connectivity index (χ2n) is 9.43. The number of amides is 1. The minimum absolute atomic E-state index is 0.0685. The summed E-state index contributed by atoms with van der Waals surface area (Å²) in [7, 11) is 0. The molecule has 190 valence electrons. The molecule has 1 heterocycles. The Morgan fingerprint density at radius 1 is 0.853 bits per heavy atom. The van der Waals surface area contributed by atoms with Gasteiger partial charge in [0, 0.05) is 29.9 Å². The molecule has 5 nitrogen and oxygen atoms in total. The average Bonchev–Trinajstić information content (AvgIpc) is 3.24. The van der Waals surface area contributed by atoms with Crippen LogP contribution in [0.1, 0.15) is 109 Å². The fraction of sp³-hybridized carbons (Fsp3) is 0.655. The van der Waals surface area contributed by atoms with E-state index in [1.54, 1.807) is 6.92 Å². The van der Waals surface area contributed by atoms with Crippen LogP contribution in [-0.4, -0.2) is 29.5 Å². The lowest BCUT2D eigenvalue weighted by atomic mass is 10.0. The first kappa shape index (κ1) is 27.9. The molecule has 1 atom stereocenters. The van der Waals surface area contributed by atoms with Crippen molar-refractivity contribution in [2.75, 3.05) is 6.61 Å². The van der Waals surface area contributed by atoms with E-state index in [-0.39, 0.29) is 11.9 Å². The highest BCUT2D eigenvalue weighted by molar-refractivity contribution is 5.87. The SMILES string of the molecule is CCCCCCCCCCCCCCCC(=O)N[C@@H](Cc1c[nH]c2ccccc12)C(=O)OCC. The predicted molar refractivity (Wildman–Crippen MR) is 141 cm³/mol. The Morgan fingerprint density at radius 3 is 2.06 bits per heavy atom. The number of aromatic nitrogens is 1. The van der Waals surface area contributed by atoms with Crippen LogP contribution in [0.5, 0.6) is 0 Å². The van der Waals surface area contributed by atoms with Gasteiger partial charge >= 0.3 is 5.97 Å². The number of carbonyl (C=O) groups excluding carboxylic acids is 2. The normalized spacial score (nSPS) is 12.1. The maximum absolute atomic E-state index is 12.5. The van der Waals surface area contributed by atoms with Gasteiger partial charge in [-0.2, -0.15) is 0 Å². The molecule has 0 radical (unpaired) electrons. The summed E-state index contributed by atoms with van der Waals surface area (Å²) < 4.78 is 5.22. The Labute approximate surface area is 206 Å². The second-order valence-corrected chi connectivity index (χ2v) is 9.43. The van der Waals surface area contributed by atoms with Crippen molar-refractivity contribution < 1.29 is 14.3 Å². The summed E-state index contributed by atoms with van der Waals surface area (Å²) in [6.45, 7) is 4.35. The molecule has 0 aliphatic heterocycles. The van der Waals surface area contributed by atoms with Crippen LogP contribution in [-0.2, 0) is 20.7 Å². The van der Waals surface area contributed by atoms with Gasteiger partial charge in [0.15, 0.2) is 0 Å². The summed E-state index contributed by atoms with van der Waals surface area (Å²) >= 11 is 0. The number of nitrogens with one attached hydrogen (secondary N) is 2. The first-order valence-corrected chi connectivity index (χ1v) is 13.7. The van der Waals surface area contributed by atoms with Crippen LogP contribution in [0, 0.1) is 0 Å². The molecule has 0 unspecified atom stereocenters. The van der Waals surface area contributed by atoms with E-state index in [0.717, 1.165) is 29.3 Å². The highest BCUT2D eigenvalue weighted by atomic mass is 16.5. The first-order valence-electron chi connectivity index (χ1n) is 13.7. The van der Waals surface area contributed by atoms with Crippen molar-refractivity contribution in [2.24, 2.45) is 0 Å². The summed E-state index contributed by atoms with van der Waals surface area (Å²) in [4.78, 5) is 28.2. The molecule has 1 aromatic carbocycles. The van der Waals surface area contributed by atoms with E-state index in [1.807, 2.05) is 30.5 Å². The highest BCUT2D eigenvalue weighted by Crippen LogP contribution is 2.20. The largest absolute Gasteiger partial charge is 0.464 e. The van der Waals surface area contributed by atoms with Crippen LogP contribution < -0.4 is 5.32 Å². The van der Waals surface area contributed by atoms with Crippen LogP contribution in [0.15, 0.2) is 30.5 Å². The van der Waals surface area contributed by atoms with Crippen LogP contribution >= 0.6 is 0 Å². The Balaban J connectivity index is 1.62. The molecule has 0 spiro atoms. The second kappa shape index (κ2) is 17.2. The number of benzene rings is 1. The minimum Gasteiger partial charge on any atom is -0.464 e. The van der Waals surface area contributed by atoms with Gasteiger partial charge in [-0.1, -0.05) is 102 Å². The van der Waals surface area contributed by atoms with Crippen molar-refractivity contribution in [2.45, 2.75) is 116 Å². The number of fused-ring (bicyclic) bond motifs is 1. The number of aromatic amines is 1. The molecule has 0 aliphatic carbocycles. The van der Waals surface area contributed by atoms with E-state index in [9.17, 15) is 9.59 Å². The number of esters is 1. The van der Waals surface area contributed by atoms with Crippen molar-refractivity contribution in [3.8, 4) is 0 Å². The zero-order valence-electron chi connectivity index (χ0n) is 21.5. The molecule has 0 saturated carbocycles. The lowest BCUT2D eigenvalue weighted by Crippen LogP contribution is -2.43. The average molecular weight is 471 g/mol. The molecule has 1 amide bonds. The number of carbonyl (C=O) groups is 2. The number of hydrogen-bond acceptors (Lipinski definition) is 3. The Hall–Kier alpha value is -2.30. The summed E-state index contributed by atoms with van der Waals surface area (Å²) in [5.41, 5.74) is 2.04. The Kier molecular flexibility index (Phi) is 14.1. The van der Waals surface area contributed by atoms with Gasteiger partial charge in [0.05, 0.1) is 6.61 Å². The molecule has 0 saturated heterocycles. The third kappa shape index (κ3) is 10.8. The van der Waals surface area contributed by atoms with Gasteiger partial charge in [-0.15, -0.1) is 0 Å². The van der Waals surface area contributed by atoms with E-state index in [4.69, 9.17) is 4.74 Å². The van der Waals surface area contributed by atoms with Gasteiger partial charge < -0.3 is 15.0 Å². The van der Waals surface area contributed by atoms with Crippen molar-refractivity contribution in [3.05, 3.63) is 36.0 Å². The fourth-order valence-electron chi connectivity index (χ4n) is 4.53. The molecular weight excluding hydrogens is 424 g/mol.